The van der Waals surface area contributed by atoms with Crippen molar-refractivity contribution in [2.45, 2.75) is 47.5 Å². The number of amides is 1. The number of fused-ring (bicyclic) bond motifs is 1. The smallest absolute Gasteiger partial charge is 0.224 e. The van der Waals surface area contributed by atoms with Gasteiger partial charge in [-0.05, 0) is 82.5 Å². The van der Waals surface area contributed by atoms with Crippen LogP contribution in [0.4, 0.5) is 10.1 Å². The molecule has 2 aromatic heterocycles. The Kier molecular flexibility index (Phi) is 6.63. The molecule has 0 spiro atoms. The summed E-state index contributed by atoms with van der Waals surface area (Å²) in [5, 5.41) is 8.59. The molecule has 0 aliphatic rings. The number of anilines is 1. The van der Waals surface area contributed by atoms with Crippen molar-refractivity contribution in [2.75, 3.05) is 11.9 Å². The van der Waals surface area contributed by atoms with Crippen LogP contribution in [0.3, 0.4) is 0 Å². The van der Waals surface area contributed by atoms with Crippen LogP contribution >= 0.6 is 0 Å². The first-order chi connectivity index (χ1) is 16.3. The Bertz CT molecular complexity index is 1360. The number of benzene rings is 2. The number of nitrogens with zero attached hydrogens (tertiary/aromatic N) is 3. The first kappa shape index (κ1) is 23.4. The summed E-state index contributed by atoms with van der Waals surface area (Å²) in [5.74, 6) is 0.0451. The molecule has 0 fully saturated rings. The Balaban J connectivity index is 1.66. The molecule has 6 nitrogen and oxygen atoms in total. The number of carbonyl (C=O) groups is 1. The number of rotatable bonds is 7. The molecule has 34 heavy (non-hydrogen) atoms. The monoisotopic (exact) mass is 460 g/mol. The summed E-state index contributed by atoms with van der Waals surface area (Å²) in [7, 11) is 0. The third-order valence-corrected chi connectivity index (χ3v) is 5.95. The van der Waals surface area contributed by atoms with E-state index in [0.717, 1.165) is 33.5 Å². The molecular formula is C27H29FN4O2. The summed E-state index contributed by atoms with van der Waals surface area (Å²) in [6.45, 7) is 10.2. The highest BCUT2D eigenvalue weighted by molar-refractivity contribution is 5.92. The van der Waals surface area contributed by atoms with E-state index in [4.69, 9.17) is 14.8 Å². The summed E-state index contributed by atoms with van der Waals surface area (Å²) < 4.78 is 21.1. The van der Waals surface area contributed by atoms with Crippen molar-refractivity contribution < 1.29 is 13.9 Å². The maximum absolute atomic E-state index is 13.4. The maximum atomic E-state index is 13.4. The van der Waals surface area contributed by atoms with Gasteiger partial charge in [0, 0.05) is 23.1 Å². The molecule has 0 bridgehead atoms. The van der Waals surface area contributed by atoms with Gasteiger partial charge in [0.25, 0.3) is 0 Å². The SMILES string of the molecule is CCOc1nc2c(c(C)nn2-c2ccc(C)cc2)c(C)c1CCC(=O)Nc1ccc(F)cc1C. The van der Waals surface area contributed by atoms with Crippen LogP contribution in [0, 0.1) is 33.5 Å². The highest BCUT2D eigenvalue weighted by atomic mass is 19.1. The molecule has 1 amide bonds. The minimum absolute atomic E-state index is 0.149. The van der Waals surface area contributed by atoms with E-state index < -0.39 is 0 Å². The fourth-order valence-electron chi connectivity index (χ4n) is 4.17. The third-order valence-electron chi connectivity index (χ3n) is 5.95. The first-order valence-corrected chi connectivity index (χ1v) is 11.4. The topological polar surface area (TPSA) is 69.0 Å². The molecule has 0 saturated carbocycles. The molecular weight excluding hydrogens is 431 g/mol. The van der Waals surface area contributed by atoms with E-state index in [2.05, 4.69) is 5.32 Å². The quantitative estimate of drug-likeness (QED) is 0.381. The molecule has 1 N–H and O–H groups in total. The fraction of sp³-hybridized carbons (Fsp3) is 0.296. The number of hydrogen-bond donors (Lipinski definition) is 1. The van der Waals surface area contributed by atoms with Gasteiger partial charge in [-0.3, -0.25) is 4.79 Å². The van der Waals surface area contributed by atoms with Crippen molar-refractivity contribution in [2.24, 2.45) is 0 Å². The number of aromatic nitrogens is 3. The molecule has 2 aromatic carbocycles. The van der Waals surface area contributed by atoms with Gasteiger partial charge in [-0.2, -0.15) is 10.1 Å². The Hall–Kier alpha value is -3.74. The lowest BCUT2D eigenvalue weighted by molar-refractivity contribution is -0.116. The maximum Gasteiger partial charge on any atom is 0.224 e. The van der Waals surface area contributed by atoms with Gasteiger partial charge in [-0.25, -0.2) is 9.07 Å². The van der Waals surface area contributed by atoms with Gasteiger partial charge in [-0.15, -0.1) is 0 Å². The minimum atomic E-state index is -0.326. The molecule has 2 heterocycles. The Morgan fingerprint density at radius 2 is 1.82 bits per heavy atom. The summed E-state index contributed by atoms with van der Waals surface area (Å²) in [5.41, 5.74) is 6.90. The van der Waals surface area contributed by atoms with Crippen molar-refractivity contribution in [3.8, 4) is 11.6 Å². The summed E-state index contributed by atoms with van der Waals surface area (Å²) >= 11 is 0. The van der Waals surface area contributed by atoms with Crippen LogP contribution in [-0.2, 0) is 11.2 Å². The standard InChI is InChI=1S/C27H29FN4O2/c1-6-34-27-22(12-14-24(33)29-23-13-9-20(28)15-17(23)3)18(4)25-19(5)31-32(26(25)30-27)21-10-7-16(2)8-11-21/h7-11,13,15H,6,12,14H2,1-5H3,(H,29,33). The van der Waals surface area contributed by atoms with E-state index in [1.165, 1.54) is 17.7 Å². The van der Waals surface area contributed by atoms with Crippen LogP contribution in [0.15, 0.2) is 42.5 Å². The zero-order chi connectivity index (χ0) is 24.4. The number of pyridine rings is 1. The molecule has 176 valence electrons. The van der Waals surface area contributed by atoms with Crippen LogP contribution in [0.1, 0.15) is 41.3 Å². The van der Waals surface area contributed by atoms with Gasteiger partial charge >= 0.3 is 0 Å². The van der Waals surface area contributed by atoms with Gasteiger partial charge in [0.2, 0.25) is 11.8 Å². The Labute approximate surface area is 198 Å². The van der Waals surface area contributed by atoms with Crippen LogP contribution < -0.4 is 10.1 Å². The summed E-state index contributed by atoms with van der Waals surface area (Å²) in [6, 6.07) is 12.5. The molecule has 4 aromatic rings. The molecule has 7 heteroatoms. The molecule has 0 unspecified atom stereocenters. The zero-order valence-electron chi connectivity index (χ0n) is 20.2. The average molecular weight is 461 g/mol. The highest BCUT2D eigenvalue weighted by Crippen LogP contribution is 2.32. The van der Waals surface area contributed by atoms with Crippen molar-refractivity contribution >= 4 is 22.6 Å². The molecule has 0 radical (unpaired) electrons. The van der Waals surface area contributed by atoms with Gasteiger partial charge < -0.3 is 10.1 Å². The predicted molar refractivity (Wildman–Crippen MR) is 132 cm³/mol. The van der Waals surface area contributed by atoms with E-state index in [9.17, 15) is 9.18 Å². The van der Waals surface area contributed by atoms with E-state index in [-0.39, 0.29) is 18.1 Å². The normalized spacial score (nSPS) is 11.1. The van der Waals surface area contributed by atoms with E-state index >= 15 is 0 Å². The third kappa shape index (κ3) is 4.64. The second kappa shape index (κ2) is 9.63. The molecule has 0 saturated heterocycles. The lowest BCUT2D eigenvalue weighted by Gasteiger charge is -2.14. The van der Waals surface area contributed by atoms with Crippen molar-refractivity contribution in [1.82, 2.24) is 14.8 Å². The van der Waals surface area contributed by atoms with Crippen molar-refractivity contribution in [3.05, 3.63) is 76.2 Å². The van der Waals surface area contributed by atoms with Crippen LogP contribution in [0.5, 0.6) is 5.88 Å². The van der Waals surface area contributed by atoms with E-state index in [0.29, 0.717) is 30.2 Å². The van der Waals surface area contributed by atoms with Crippen molar-refractivity contribution in [3.63, 3.8) is 0 Å². The van der Waals surface area contributed by atoms with E-state index in [1.54, 1.807) is 13.0 Å². The molecule has 4 rings (SSSR count). The fourth-order valence-corrected chi connectivity index (χ4v) is 4.17. The van der Waals surface area contributed by atoms with Crippen LogP contribution in [0.25, 0.3) is 16.7 Å². The largest absolute Gasteiger partial charge is 0.478 e. The van der Waals surface area contributed by atoms with Gasteiger partial charge in [-0.1, -0.05) is 17.7 Å². The second-order valence-electron chi connectivity index (χ2n) is 8.49. The Morgan fingerprint density at radius 3 is 2.50 bits per heavy atom. The van der Waals surface area contributed by atoms with Gasteiger partial charge in [0.05, 0.1) is 18.0 Å². The number of aryl methyl sites for hydroxylation is 4. The minimum Gasteiger partial charge on any atom is -0.478 e. The number of carbonyl (C=O) groups excluding carboxylic acids is 1. The molecule has 0 atom stereocenters. The lowest BCUT2D eigenvalue weighted by atomic mass is 10.0. The lowest BCUT2D eigenvalue weighted by Crippen LogP contribution is -2.14. The van der Waals surface area contributed by atoms with Gasteiger partial charge in [0.15, 0.2) is 5.65 Å². The zero-order valence-corrected chi connectivity index (χ0v) is 20.2. The predicted octanol–water partition coefficient (Wildman–Crippen LogP) is 5.76. The van der Waals surface area contributed by atoms with Crippen molar-refractivity contribution in [1.29, 1.82) is 0 Å². The van der Waals surface area contributed by atoms with Crippen LogP contribution in [-0.4, -0.2) is 27.3 Å². The second-order valence-corrected chi connectivity index (χ2v) is 8.49. The number of ether oxygens (including phenoxy) is 1. The van der Waals surface area contributed by atoms with Crippen LogP contribution in [0.2, 0.25) is 0 Å². The number of nitrogens with one attached hydrogen (secondary N) is 1. The molecule has 0 aliphatic heterocycles. The Morgan fingerprint density at radius 1 is 1.09 bits per heavy atom. The number of hydrogen-bond acceptors (Lipinski definition) is 4. The average Bonchev–Trinajstić information content (AvgIpc) is 3.12. The van der Waals surface area contributed by atoms with Gasteiger partial charge in [0.1, 0.15) is 5.82 Å². The highest BCUT2D eigenvalue weighted by Gasteiger charge is 2.21. The summed E-state index contributed by atoms with van der Waals surface area (Å²) in [6.07, 6.45) is 0.710. The first-order valence-electron chi connectivity index (χ1n) is 11.4. The summed E-state index contributed by atoms with van der Waals surface area (Å²) in [4.78, 5) is 17.5. The molecule has 0 aliphatic carbocycles. The van der Waals surface area contributed by atoms with E-state index in [1.807, 2.05) is 56.6 Å². The number of halogens is 1.